The summed E-state index contributed by atoms with van der Waals surface area (Å²) in [4.78, 5) is 4.34. The Kier molecular flexibility index (Phi) is 4.46. The molecule has 1 aromatic heterocycles. The first-order valence-electron chi connectivity index (χ1n) is 7.00. The predicted molar refractivity (Wildman–Crippen MR) is 78.5 cm³/mol. The van der Waals surface area contributed by atoms with Gasteiger partial charge >= 0.3 is 0 Å². The highest BCUT2D eigenvalue weighted by Gasteiger charge is 2.30. The minimum atomic E-state index is -3.43. The molecule has 0 spiro atoms. The molecule has 2 rings (SSSR count). The molecular weight excluding hydrogens is 274 g/mol. The van der Waals surface area contributed by atoms with E-state index in [9.17, 15) is 8.42 Å². The summed E-state index contributed by atoms with van der Waals surface area (Å²) in [5.41, 5.74) is 6.39. The van der Waals surface area contributed by atoms with E-state index in [2.05, 4.69) is 18.8 Å². The molecular formula is C14H23N3O2S. The molecule has 0 aromatic carbocycles. The van der Waals surface area contributed by atoms with Gasteiger partial charge in [-0.3, -0.25) is 4.98 Å². The lowest BCUT2D eigenvalue weighted by Gasteiger charge is -2.23. The number of aromatic nitrogens is 1. The fourth-order valence-corrected chi connectivity index (χ4v) is 3.90. The Hall–Kier alpha value is -0.980. The Bertz CT molecular complexity index is 552. The highest BCUT2D eigenvalue weighted by molar-refractivity contribution is 7.89. The van der Waals surface area contributed by atoms with Crippen molar-refractivity contribution in [3.8, 4) is 0 Å². The second-order valence-corrected chi connectivity index (χ2v) is 8.05. The first-order valence-corrected chi connectivity index (χ1v) is 8.44. The molecule has 0 radical (unpaired) electrons. The van der Waals surface area contributed by atoms with Crippen LogP contribution in [0.3, 0.4) is 0 Å². The summed E-state index contributed by atoms with van der Waals surface area (Å²) in [6.07, 6.45) is 4.26. The SMILES string of the molecule is CC1(C)CCCN(S(=O)(=O)c2ccc(CN)nc2)CC1. The molecule has 1 aliphatic rings. The van der Waals surface area contributed by atoms with E-state index in [1.807, 2.05) is 0 Å². The molecule has 0 aliphatic carbocycles. The average Bonchev–Trinajstić information content (AvgIpc) is 2.60. The summed E-state index contributed by atoms with van der Waals surface area (Å²) in [6, 6.07) is 3.27. The number of sulfonamides is 1. The minimum Gasteiger partial charge on any atom is -0.325 e. The predicted octanol–water partition coefficient (Wildman–Crippen LogP) is 1.74. The van der Waals surface area contributed by atoms with Gasteiger partial charge in [0.2, 0.25) is 10.0 Å². The Morgan fingerprint density at radius 2 is 2.05 bits per heavy atom. The highest BCUT2D eigenvalue weighted by Crippen LogP contribution is 2.31. The van der Waals surface area contributed by atoms with Crippen molar-refractivity contribution in [3.63, 3.8) is 0 Å². The largest absolute Gasteiger partial charge is 0.325 e. The summed E-state index contributed by atoms with van der Waals surface area (Å²) in [6.45, 7) is 5.87. The first-order chi connectivity index (χ1) is 9.35. The van der Waals surface area contributed by atoms with Crippen molar-refractivity contribution in [2.75, 3.05) is 13.1 Å². The van der Waals surface area contributed by atoms with E-state index >= 15 is 0 Å². The molecule has 1 saturated heterocycles. The highest BCUT2D eigenvalue weighted by atomic mass is 32.2. The van der Waals surface area contributed by atoms with Crippen LogP contribution in [0.1, 0.15) is 38.8 Å². The minimum absolute atomic E-state index is 0.214. The third kappa shape index (κ3) is 3.37. The summed E-state index contributed by atoms with van der Waals surface area (Å²) >= 11 is 0. The molecule has 112 valence electrons. The summed E-state index contributed by atoms with van der Waals surface area (Å²) in [7, 11) is -3.43. The van der Waals surface area contributed by atoms with Gasteiger partial charge in [-0.2, -0.15) is 4.31 Å². The van der Waals surface area contributed by atoms with Crippen LogP contribution >= 0.6 is 0 Å². The molecule has 0 amide bonds. The van der Waals surface area contributed by atoms with Gasteiger partial charge in [0.25, 0.3) is 0 Å². The number of hydrogen-bond acceptors (Lipinski definition) is 4. The summed E-state index contributed by atoms with van der Waals surface area (Å²) in [5, 5.41) is 0. The van der Waals surface area contributed by atoms with Crippen LogP contribution in [0.15, 0.2) is 23.2 Å². The van der Waals surface area contributed by atoms with Gasteiger partial charge < -0.3 is 5.73 Å². The number of nitrogens with zero attached hydrogens (tertiary/aromatic N) is 2. The third-order valence-corrected chi connectivity index (χ3v) is 5.83. The van der Waals surface area contributed by atoms with Gasteiger partial charge in [0, 0.05) is 25.8 Å². The Morgan fingerprint density at radius 3 is 2.65 bits per heavy atom. The van der Waals surface area contributed by atoms with Crippen molar-refractivity contribution in [2.45, 2.75) is 44.6 Å². The van der Waals surface area contributed by atoms with Crippen LogP contribution < -0.4 is 5.73 Å². The quantitative estimate of drug-likeness (QED) is 0.922. The van der Waals surface area contributed by atoms with Gasteiger partial charge in [-0.25, -0.2) is 8.42 Å². The van der Waals surface area contributed by atoms with Crippen LogP contribution in [0.4, 0.5) is 0 Å². The van der Waals surface area contributed by atoms with E-state index in [0.29, 0.717) is 25.3 Å². The number of rotatable bonds is 3. The van der Waals surface area contributed by atoms with Crippen molar-refractivity contribution >= 4 is 10.0 Å². The molecule has 1 aliphatic heterocycles. The van der Waals surface area contributed by atoms with E-state index < -0.39 is 10.0 Å². The van der Waals surface area contributed by atoms with Crippen LogP contribution in [0.5, 0.6) is 0 Å². The van der Waals surface area contributed by atoms with Crippen molar-refractivity contribution in [2.24, 2.45) is 11.1 Å². The third-order valence-electron chi connectivity index (χ3n) is 3.94. The molecule has 20 heavy (non-hydrogen) atoms. The molecule has 0 bridgehead atoms. The fourth-order valence-electron chi connectivity index (χ4n) is 2.47. The van der Waals surface area contributed by atoms with Gasteiger partial charge in [0.05, 0.1) is 5.69 Å². The lowest BCUT2D eigenvalue weighted by molar-refractivity contribution is 0.315. The van der Waals surface area contributed by atoms with Crippen LogP contribution in [0, 0.1) is 5.41 Å². The Labute approximate surface area is 121 Å². The molecule has 0 saturated carbocycles. The van der Waals surface area contributed by atoms with Crippen molar-refractivity contribution in [3.05, 3.63) is 24.0 Å². The van der Waals surface area contributed by atoms with Crippen molar-refractivity contribution in [1.82, 2.24) is 9.29 Å². The van der Waals surface area contributed by atoms with E-state index in [1.165, 1.54) is 6.20 Å². The van der Waals surface area contributed by atoms with Crippen molar-refractivity contribution in [1.29, 1.82) is 0 Å². The van der Waals surface area contributed by atoms with Gasteiger partial charge in [0.15, 0.2) is 0 Å². The van der Waals surface area contributed by atoms with E-state index in [4.69, 9.17) is 5.73 Å². The summed E-state index contributed by atoms with van der Waals surface area (Å²) < 4.78 is 26.8. The zero-order chi connectivity index (χ0) is 14.8. The lowest BCUT2D eigenvalue weighted by atomic mass is 9.85. The lowest BCUT2D eigenvalue weighted by Crippen LogP contribution is -2.32. The van der Waals surface area contributed by atoms with Gasteiger partial charge in [-0.05, 0) is 36.8 Å². The van der Waals surface area contributed by atoms with Crippen LogP contribution in [-0.2, 0) is 16.6 Å². The number of nitrogens with two attached hydrogens (primary N) is 1. The Balaban J connectivity index is 2.20. The van der Waals surface area contributed by atoms with E-state index in [1.54, 1.807) is 16.4 Å². The maximum atomic E-state index is 12.6. The maximum Gasteiger partial charge on any atom is 0.244 e. The molecule has 1 fully saturated rings. The maximum absolute atomic E-state index is 12.6. The first kappa shape index (κ1) is 15.4. The monoisotopic (exact) mass is 297 g/mol. The van der Waals surface area contributed by atoms with Gasteiger partial charge in [0.1, 0.15) is 4.90 Å². The second-order valence-electron chi connectivity index (χ2n) is 6.11. The smallest absolute Gasteiger partial charge is 0.244 e. The van der Waals surface area contributed by atoms with Crippen LogP contribution in [0.2, 0.25) is 0 Å². The van der Waals surface area contributed by atoms with Gasteiger partial charge in [-0.1, -0.05) is 13.8 Å². The van der Waals surface area contributed by atoms with Crippen LogP contribution in [-0.4, -0.2) is 30.8 Å². The molecule has 0 unspecified atom stereocenters. The standard InChI is InChI=1S/C14H23N3O2S/c1-14(2)6-3-8-17(9-7-14)20(18,19)13-5-4-12(10-15)16-11-13/h4-5,11H,3,6-10,15H2,1-2H3. The second kappa shape index (κ2) is 5.79. The van der Waals surface area contributed by atoms with Gasteiger partial charge in [-0.15, -0.1) is 0 Å². The Morgan fingerprint density at radius 1 is 1.30 bits per heavy atom. The van der Waals surface area contributed by atoms with Crippen molar-refractivity contribution < 1.29 is 8.42 Å². The fraction of sp³-hybridized carbons (Fsp3) is 0.643. The number of pyridine rings is 1. The normalized spacial score (nSPS) is 20.6. The molecule has 2 N–H and O–H groups in total. The average molecular weight is 297 g/mol. The molecule has 6 heteroatoms. The van der Waals surface area contributed by atoms with Crippen LogP contribution in [0.25, 0.3) is 0 Å². The zero-order valence-electron chi connectivity index (χ0n) is 12.2. The topological polar surface area (TPSA) is 76.3 Å². The molecule has 1 aromatic rings. The zero-order valence-corrected chi connectivity index (χ0v) is 13.0. The van der Waals surface area contributed by atoms with E-state index in [0.717, 1.165) is 19.3 Å². The summed E-state index contributed by atoms with van der Waals surface area (Å²) in [5.74, 6) is 0. The van der Waals surface area contributed by atoms with E-state index in [-0.39, 0.29) is 10.3 Å². The molecule has 5 nitrogen and oxygen atoms in total. The molecule has 2 heterocycles. The molecule has 0 atom stereocenters. The number of hydrogen-bond donors (Lipinski definition) is 1.